The van der Waals surface area contributed by atoms with Gasteiger partial charge in [-0.15, -0.1) is 5.10 Å². The number of carbonyl (C=O) groups is 1. The molecule has 30 heavy (non-hydrogen) atoms. The number of carboxylic acid groups (broad SMARTS) is 1. The van der Waals surface area contributed by atoms with Crippen molar-refractivity contribution < 1.29 is 9.90 Å². The molecule has 1 heterocycles. The Hall–Kier alpha value is -3.77. The molecule has 1 N–H and O–H groups in total. The Morgan fingerprint density at radius 2 is 1.37 bits per heavy atom. The Morgan fingerprint density at radius 3 is 1.90 bits per heavy atom. The third-order valence-electron chi connectivity index (χ3n) is 4.80. The minimum Gasteiger partial charge on any atom is -0.478 e. The molecule has 0 aliphatic heterocycles. The second-order valence-corrected chi connectivity index (χ2v) is 7.12. The van der Waals surface area contributed by atoms with E-state index < -0.39 is 5.97 Å². The van der Waals surface area contributed by atoms with Gasteiger partial charge in [0.05, 0.1) is 23.1 Å². The molecule has 3 aromatic carbocycles. The zero-order valence-corrected chi connectivity index (χ0v) is 16.4. The van der Waals surface area contributed by atoms with Crippen LogP contribution in [0.2, 0.25) is 0 Å². The quantitative estimate of drug-likeness (QED) is 0.482. The summed E-state index contributed by atoms with van der Waals surface area (Å²) in [4.78, 5) is 13.4. The van der Waals surface area contributed by atoms with Gasteiger partial charge in [0, 0.05) is 19.6 Å². The highest BCUT2D eigenvalue weighted by molar-refractivity contribution is 5.87. The van der Waals surface area contributed by atoms with Crippen LogP contribution in [0.25, 0.3) is 5.69 Å². The van der Waals surface area contributed by atoms with Crippen molar-refractivity contribution in [1.82, 2.24) is 19.9 Å². The summed E-state index contributed by atoms with van der Waals surface area (Å²) < 4.78 is 1.67. The number of aromatic nitrogens is 3. The normalized spacial score (nSPS) is 11.0. The zero-order chi connectivity index (χ0) is 20.8. The molecule has 0 bridgehead atoms. The SMILES string of the molecule is O=C(O)c1ccc(-n2cc(CN(Cc3ccccc3)Cc3ccccc3)nn2)cc1. The molecule has 0 saturated carbocycles. The number of nitrogens with zero attached hydrogens (tertiary/aromatic N) is 4. The number of rotatable bonds is 8. The maximum absolute atomic E-state index is 11.0. The summed E-state index contributed by atoms with van der Waals surface area (Å²) in [5, 5.41) is 17.6. The monoisotopic (exact) mass is 398 g/mol. The fourth-order valence-electron chi connectivity index (χ4n) is 3.33. The fourth-order valence-corrected chi connectivity index (χ4v) is 3.33. The van der Waals surface area contributed by atoms with Crippen LogP contribution in [-0.4, -0.2) is 31.0 Å². The van der Waals surface area contributed by atoms with Crippen LogP contribution >= 0.6 is 0 Å². The maximum Gasteiger partial charge on any atom is 0.335 e. The molecule has 0 aliphatic rings. The molecule has 0 fully saturated rings. The number of benzene rings is 3. The first-order valence-electron chi connectivity index (χ1n) is 9.72. The average molecular weight is 398 g/mol. The topological polar surface area (TPSA) is 71.2 Å². The van der Waals surface area contributed by atoms with E-state index in [2.05, 4.69) is 39.5 Å². The van der Waals surface area contributed by atoms with E-state index in [-0.39, 0.29) is 5.56 Å². The van der Waals surface area contributed by atoms with Crippen molar-refractivity contribution in [2.45, 2.75) is 19.6 Å². The van der Waals surface area contributed by atoms with Gasteiger partial charge in [-0.05, 0) is 35.4 Å². The lowest BCUT2D eigenvalue weighted by atomic mass is 10.1. The van der Waals surface area contributed by atoms with Crippen molar-refractivity contribution in [1.29, 1.82) is 0 Å². The number of hydrogen-bond acceptors (Lipinski definition) is 4. The highest BCUT2D eigenvalue weighted by atomic mass is 16.4. The van der Waals surface area contributed by atoms with E-state index in [9.17, 15) is 4.79 Å². The lowest BCUT2D eigenvalue weighted by molar-refractivity contribution is 0.0697. The zero-order valence-electron chi connectivity index (χ0n) is 16.4. The van der Waals surface area contributed by atoms with E-state index in [0.29, 0.717) is 6.54 Å². The van der Waals surface area contributed by atoms with Gasteiger partial charge in [0.25, 0.3) is 0 Å². The van der Waals surface area contributed by atoms with Gasteiger partial charge < -0.3 is 5.11 Å². The first-order chi connectivity index (χ1) is 14.7. The van der Waals surface area contributed by atoms with Gasteiger partial charge in [0.1, 0.15) is 0 Å². The van der Waals surface area contributed by atoms with Gasteiger partial charge in [0.2, 0.25) is 0 Å². The first-order valence-corrected chi connectivity index (χ1v) is 9.72. The molecule has 0 radical (unpaired) electrons. The van der Waals surface area contributed by atoms with Crippen molar-refractivity contribution >= 4 is 5.97 Å². The van der Waals surface area contributed by atoms with Gasteiger partial charge in [0.15, 0.2) is 0 Å². The van der Waals surface area contributed by atoms with E-state index >= 15 is 0 Å². The Morgan fingerprint density at radius 1 is 0.800 bits per heavy atom. The number of carboxylic acids is 1. The van der Waals surface area contributed by atoms with E-state index in [0.717, 1.165) is 24.5 Å². The van der Waals surface area contributed by atoms with E-state index in [4.69, 9.17) is 5.11 Å². The van der Waals surface area contributed by atoms with Crippen LogP contribution in [-0.2, 0) is 19.6 Å². The molecule has 4 aromatic rings. The van der Waals surface area contributed by atoms with Gasteiger partial charge in [-0.1, -0.05) is 65.9 Å². The lowest BCUT2D eigenvalue weighted by Crippen LogP contribution is -2.22. The minimum atomic E-state index is -0.946. The maximum atomic E-state index is 11.0. The number of aromatic carboxylic acids is 1. The molecule has 150 valence electrons. The Balaban J connectivity index is 1.51. The van der Waals surface area contributed by atoms with Crippen molar-refractivity contribution in [3.05, 3.63) is 114 Å². The fraction of sp³-hybridized carbons (Fsp3) is 0.125. The molecule has 0 amide bonds. The molecule has 0 aliphatic carbocycles. The molecule has 0 spiro atoms. The van der Waals surface area contributed by atoms with E-state index in [1.165, 1.54) is 11.1 Å². The summed E-state index contributed by atoms with van der Waals surface area (Å²) in [7, 11) is 0. The van der Waals surface area contributed by atoms with Crippen LogP contribution in [0.5, 0.6) is 0 Å². The highest BCUT2D eigenvalue weighted by Gasteiger charge is 2.12. The van der Waals surface area contributed by atoms with E-state index in [1.54, 1.807) is 28.9 Å². The Labute approximate surface area is 175 Å². The molecule has 0 atom stereocenters. The third-order valence-corrected chi connectivity index (χ3v) is 4.80. The van der Waals surface area contributed by atoms with Crippen LogP contribution < -0.4 is 0 Å². The molecule has 4 rings (SSSR count). The second-order valence-electron chi connectivity index (χ2n) is 7.12. The minimum absolute atomic E-state index is 0.246. The van der Waals surface area contributed by atoms with Gasteiger partial charge >= 0.3 is 5.97 Å². The van der Waals surface area contributed by atoms with Gasteiger partial charge in [-0.3, -0.25) is 4.90 Å². The number of hydrogen-bond donors (Lipinski definition) is 1. The van der Waals surface area contributed by atoms with Crippen molar-refractivity contribution in [3.63, 3.8) is 0 Å². The van der Waals surface area contributed by atoms with Crippen molar-refractivity contribution in [2.75, 3.05) is 0 Å². The van der Waals surface area contributed by atoms with Crippen LogP contribution in [0.15, 0.2) is 91.1 Å². The molecule has 1 aromatic heterocycles. The van der Waals surface area contributed by atoms with Crippen molar-refractivity contribution in [2.24, 2.45) is 0 Å². The largest absolute Gasteiger partial charge is 0.478 e. The predicted molar refractivity (Wildman–Crippen MR) is 114 cm³/mol. The summed E-state index contributed by atoms with van der Waals surface area (Å²) >= 11 is 0. The van der Waals surface area contributed by atoms with Crippen LogP contribution in [0.1, 0.15) is 27.2 Å². The standard InChI is InChI=1S/C24H22N4O2/c29-24(30)21-11-13-23(14-12-21)28-18-22(25-26-28)17-27(15-19-7-3-1-4-8-19)16-20-9-5-2-6-10-20/h1-14,18H,15-17H2,(H,29,30). The van der Waals surface area contributed by atoms with E-state index in [1.807, 2.05) is 42.6 Å². The molecule has 0 unspecified atom stereocenters. The molecular weight excluding hydrogens is 376 g/mol. The highest BCUT2D eigenvalue weighted by Crippen LogP contribution is 2.15. The van der Waals surface area contributed by atoms with Crippen molar-refractivity contribution in [3.8, 4) is 5.69 Å². The Kier molecular flexibility index (Phi) is 5.96. The summed E-state index contributed by atoms with van der Waals surface area (Å²) in [6.45, 7) is 2.25. The summed E-state index contributed by atoms with van der Waals surface area (Å²) in [5.41, 5.74) is 4.35. The average Bonchev–Trinajstić information content (AvgIpc) is 3.24. The van der Waals surface area contributed by atoms with Crippen LogP contribution in [0, 0.1) is 0 Å². The summed E-state index contributed by atoms with van der Waals surface area (Å²) in [6.07, 6.45) is 1.89. The van der Waals surface area contributed by atoms with Gasteiger partial charge in [-0.2, -0.15) is 0 Å². The smallest absolute Gasteiger partial charge is 0.335 e. The molecule has 0 saturated heterocycles. The molecule has 6 nitrogen and oxygen atoms in total. The predicted octanol–water partition coefficient (Wildman–Crippen LogP) is 4.17. The first kappa shape index (κ1) is 19.5. The second kappa shape index (κ2) is 9.15. The lowest BCUT2D eigenvalue weighted by Gasteiger charge is -2.21. The van der Waals surface area contributed by atoms with Crippen LogP contribution in [0.3, 0.4) is 0 Å². The molecular formula is C24H22N4O2. The van der Waals surface area contributed by atoms with Gasteiger partial charge in [-0.25, -0.2) is 9.48 Å². The van der Waals surface area contributed by atoms with Crippen LogP contribution in [0.4, 0.5) is 0 Å². The molecule has 6 heteroatoms. The summed E-state index contributed by atoms with van der Waals surface area (Å²) in [5.74, 6) is -0.946. The third kappa shape index (κ3) is 4.98. The Bertz CT molecular complexity index is 1050. The summed E-state index contributed by atoms with van der Waals surface area (Å²) in [6, 6.07) is 27.3.